The zero-order chi connectivity index (χ0) is 34.0. The minimum Gasteiger partial charge on any atom is -0.478 e. The van der Waals surface area contributed by atoms with Gasteiger partial charge in [-0.2, -0.15) is 13.2 Å². The Morgan fingerprint density at radius 1 is 0.935 bits per heavy atom. The molecule has 0 saturated carbocycles. The Kier molecular flexibility index (Phi) is 11.5. The van der Waals surface area contributed by atoms with E-state index in [0.717, 1.165) is 14.0 Å². The summed E-state index contributed by atoms with van der Waals surface area (Å²) in [4.78, 5) is 12.8. The largest absolute Gasteiger partial charge is 0.478 e. The lowest BCUT2D eigenvalue weighted by Crippen LogP contribution is -2.38. The van der Waals surface area contributed by atoms with Crippen LogP contribution in [0.15, 0.2) is 66.7 Å². The Bertz CT molecular complexity index is 1700. The van der Waals surface area contributed by atoms with Gasteiger partial charge in [0.25, 0.3) is 0 Å². The zero-order valence-electron chi connectivity index (χ0n) is 25.9. The molecule has 0 radical (unpaired) electrons. The fourth-order valence-corrected chi connectivity index (χ4v) is 6.63. The van der Waals surface area contributed by atoms with Crippen molar-refractivity contribution in [2.24, 2.45) is 0 Å². The topological polar surface area (TPSA) is 55.8 Å². The number of halogens is 6. The molecule has 4 rings (SSSR count). The van der Waals surface area contributed by atoms with Gasteiger partial charge in [0, 0.05) is 18.9 Å². The van der Waals surface area contributed by atoms with Crippen LogP contribution in [0.3, 0.4) is 0 Å². The van der Waals surface area contributed by atoms with Gasteiger partial charge >= 0.3 is 12.1 Å². The summed E-state index contributed by atoms with van der Waals surface area (Å²) in [5, 5.41) is 9.75. The molecule has 11 heteroatoms. The van der Waals surface area contributed by atoms with E-state index >= 15 is 0 Å². The van der Waals surface area contributed by atoms with Crippen molar-refractivity contribution in [3.8, 4) is 16.2 Å². The van der Waals surface area contributed by atoms with Crippen molar-refractivity contribution in [1.29, 1.82) is 0 Å². The van der Waals surface area contributed by atoms with Crippen molar-refractivity contribution in [1.82, 2.24) is 0 Å². The zero-order valence-corrected chi connectivity index (χ0v) is 30.4. The second-order valence-electron chi connectivity index (χ2n) is 12.4. The van der Waals surface area contributed by atoms with E-state index < -0.39 is 34.8 Å². The van der Waals surface area contributed by atoms with Gasteiger partial charge in [0.1, 0.15) is 10.8 Å². The number of aliphatic carboxylic acids is 1. The molecule has 0 aliphatic rings. The van der Waals surface area contributed by atoms with Crippen molar-refractivity contribution >= 4 is 63.1 Å². The van der Waals surface area contributed by atoms with Gasteiger partial charge in [-0.3, -0.25) is 0 Å². The molecule has 1 N–H and O–H groups in total. The summed E-state index contributed by atoms with van der Waals surface area (Å²) in [5.74, 6) is -1.00. The molecule has 0 bridgehead atoms. The molecule has 0 aliphatic carbocycles. The van der Waals surface area contributed by atoms with Crippen LogP contribution in [0.1, 0.15) is 74.3 Å². The highest BCUT2D eigenvalue weighted by Crippen LogP contribution is 2.44. The number of carboxylic acids is 1. The Hall–Kier alpha value is -2.31. The Balaban J connectivity index is 1.64. The van der Waals surface area contributed by atoms with Crippen molar-refractivity contribution in [2.45, 2.75) is 77.4 Å². The maximum Gasteiger partial charge on any atom is 0.417 e. The molecule has 1 heterocycles. The van der Waals surface area contributed by atoms with E-state index in [1.165, 1.54) is 31.3 Å². The third-order valence-electron chi connectivity index (χ3n) is 7.45. The summed E-state index contributed by atoms with van der Waals surface area (Å²) >= 11 is 16.6. The quantitative estimate of drug-likeness (QED) is 0.153. The molecule has 246 valence electrons. The average molecular weight is 806 g/mol. The first-order valence-corrected chi connectivity index (χ1v) is 17.1. The lowest BCUT2D eigenvalue weighted by molar-refractivity contribution is -0.152. The molecule has 0 amide bonds. The standard InChI is InChI=1S/C35H34Cl2F3IO4S/c1-33(2,3)22-10-13-24(25(18-22)35(38,39)40)28-16-17-29(46-28)26(44-19-20-6-11-23(41)12-7-20)14-8-21-9-15-27(31(37)30(21)36)45-34(4,5)32(42)43/h6-7,9-13,15-18,26H,8,14,19H2,1-5H3,(H,42,43). The van der Waals surface area contributed by atoms with Crippen LogP contribution < -0.4 is 4.74 Å². The van der Waals surface area contributed by atoms with Crippen LogP contribution in [0.4, 0.5) is 13.2 Å². The van der Waals surface area contributed by atoms with Crippen molar-refractivity contribution in [3.63, 3.8) is 0 Å². The molecule has 1 atom stereocenters. The van der Waals surface area contributed by atoms with Gasteiger partial charge in [-0.05, 0) is 108 Å². The van der Waals surface area contributed by atoms with Gasteiger partial charge in [0.15, 0.2) is 5.60 Å². The van der Waals surface area contributed by atoms with Crippen molar-refractivity contribution in [2.75, 3.05) is 0 Å². The smallest absolute Gasteiger partial charge is 0.417 e. The number of benzene rings is 3. The summed E-state index contributed by atoms with van der Waals surface area (Å²) in [5.41, 5.74) is -0.223. The van der Waals surface area contributed by atoms with Crippen LogP contribution in [0, 0.1) is 3.57 Å². The highest BCUT2D eigenvalue weighted by molar-refractivity contribution is 14.1. The van der Waals surface area contributed by atoms with Crippen LogP contribution in [0.5, 0.6) is 5.75 Å². The highest BCUT2D eigenvalue weighted by Gasteiger charge is 2.35. The summed E-state index contributed by atoms with van der Waals surface area (Å²) in [6.07, 6.45) is -4.10. The molecular formula is C35H34Cl2F3IO4S. The van der Waals surface area contributed by atoms with Crippen molar-refractivity contribution < 1.29 is 32.5 Å². The van der Waals surface area contributed by atoms with Gasteiger partial charge < -0.3 is 14.6 Å². The third kappa shape index (κ3) is 8.98. The highest BCUT2D eigenvalue weighted by atomic mass is 127. The number of aryl methyl sites for hydroxylation is 1. The van der Waals surface area contributed by atoms with Crippen LogP contribution in [-0.2, 0) is 34.2 Å². The SMILES string of the molecule is CC(C)(Oc1ccc(CCC(OCc2ccc(I)cc2)c2ccc(-c3ccc(C(C)(C)C)cc3C(F)(F)F)s2)c(Cl)c1Cl)C(=O)O. The fraction of sp³-hybridized carbons (Fsp3) is 0.343. The second-order valence-corrected chi connectivity index (χ2v) is 15.6. The van der Waals surface area contributed by atoms with Gasteiger partial charge in [-0.25, -0.2) is 4.79 Å². The monoisotopic (exact) mass is 804 g/mol. The predicted molar refractivity (Wildman–Crippen MR) is 187 cm³/mol. The fourth-order valence-electron chi connectivity index (χ4n) is 4.66. The second kappa shape index (κ2) is 14.4. The molecule has 4 nitrogen and oxygen atoms in total. The molecule has 0 aliphatic heterocycles. The van der Waals surface area contributed by atoms with E-state index in [2.05, 4.69) is 22.6 Å². The van der Waals surface area contributed by atoms with Crippen LogP contribution >= 0.6 is 57.1 Å². The van der Waals surface area contributed by atoms with E-state index in [1.54, 1.807) is 30.3 Å². The molecule has 0 spiro atoms. The number of hydrogen-bond acceptors (Lipinski definition) is 4. The first-order valence-electron chi connectivity index (χ1n) is 14.4. The van der Waals surface area contributed by atoms with Gasteiger partial charge in [0.05, 0.1) is 23.3 Å². The summed E-state index contributed by atoms with van der Waals surface area (Å²) in [6, 6.07) is 19.3. The minimum absolute atomic E-state index is 0.0987. The number of hydrogen-bond donors (Lipinski definition) is 1. The van der Waals surface area contributed by atoms with Crippen LogP contribution in [-0.4, -0.2) is 16.7 Å². The predicted octanol–water partition coefficient (Wildman–Crippen LogP) is 11.8. The van der Waals surface area contributed by atoms with E-state index in [0.29, 0.717) is 35.5 Å². The normalized spacial score (nSPS) is 13.1. The number of ether oxygens (including phenoxy) is 2. The van der Waals surface area contributed by atoms with Gasteiger partial charge in [-0.1, -0.05) is 74.3 Å². The number of carboxylic acid groups (broad SMARTS) is 1. The van der Waals surface area contributed by atoms with E-state index in [1.807, 2.05) is 51.1 Å². The lowest BCUT2D eigenvalue weighted by atomic mass is 9.85. The summed E-state index contributed by atoms with van der Waals surface area (Å²) < 4.78 is 55.9. The summed E-state index contributed by atoms with van der Waals surface area (Å²) in [7, 11) is 0. The molecular weight excluding hydrogens is 771 g/mol. The molecule has 46 heavy (non-hydrogen) atoms. The molecule has 4 aromatic rings. The lowest BCUT2D eigenvalue weighted by Gasteiger charge is -2.23. The Labute approximate surface area is 295 Å². The minimum atomic E-state index is -4.52. The molecule has 0 fully saturated rings. The molecule has 3 aromatic carbocycles. The maximum atomic E-state index is 14.3. The van der Waals surface area contributed by atoms with Gasteiger partial charge in [-0.15, -0.1) is 11.3 Å². The van der Waals surface area contributed by atoms with Crippen LogP contribution in [0.2, 0.25) is 10.0 Å². The Morgan fingerprint density at radius 2 is 1.61 bits per heavy atom. The molecule has 1 aromatic heterocycles. The average Bonchev–Trinajstić information content (AvgIpc) is 3.46. The maximum absolute atomic E-state index is 14.3. The van der Waals surface area contributed by atoms with Crippen molar-refractivity contribution in [3.05, 3.63) is 107 Å². The molecule has 0 saturated heterocycles. The molecule has 1 unspecified atom stereocenters. The van der Waals surface area contributed by atoms with E-state index in [9.17, 15) is 23.1 Å². The first-order chi connectivity index (χ1) is 21.4. The number of rotatable bonds is 11. The van der Waals surface area contributed by atoms with E-state index in [4.69, 9.17) is 32.7 Å². The van der Waals surface area contributed by atoms with Gasteiger partial charge in [0.2, 0.25) is 0 Å². The number of thiophene rings is 1. The first kappa shape index (κ1) is 36.5. The Morgan fingerprint density at radius 3 is 2.22 bits per heavy atom. The number of carbonyl (C=O) groups is 1. The summed E-state index contributed by atoms with van der Waals surface area (Å²) in [6.45, 7) is 8.78. The third-order valence-corrected chi connectivity index (χ3v) is 10.3. The van der Waals surface area contributed by atoms with E-state index in [-0.39, 0.29) is 21.4 Å². The van der Waals surface area contributed by atoms with Crippen LogP contribution in [0.25, 0.3) is 10.4 Å². The number of alkyl halides is 3.